The summed E-state index contributed by atoms with van der Waals surface area (Å²) in [6, 6.07) is 4.66. The summed E-state index contributed by atoms with van der Waals surface area (Å²) in [5, 5.41) is 16.5. The average molecular weight is 341 g/mol. The fourth-order valence-corrected chi connectivity index (χ4v) is 4.45. The molecule has 3 heterocycles. The van der Waals surface area contributed by atoms with Crippen LogP contribution in [-0.4, -0.2) is 30.5 Å². The number of thiophene rings is 1. The lowest BCUT2D eigenvalue weighted by molar-refractivity contribution is 0.285. The molecular weight excluding hydrogens is 318 g/mol. The highest BCUT2D eigenvalue weighted by molar-refractivity contribution is 7.13. The monoisotopic (exact) mass is 341 g/mol. The van der Waals surface area contributed by atoms with E-state index in [1.165, 1.54) is 16.1 Å². The Hall–Kier alpha value is -1.69. The van der Waals surface area contributed by atoms with E-state index < -0.39 is 0 Å². The van der Waals surface area contributed by atoms with Crippen LogP contribution in [-0.2, 0) is 6.61 Å². The van der Waals surface area contributed by atoms with Gasteiger partial charge in [-0.05, 0) is 49.7 Å². The van der Waals surface area contributed by atoms with Gasteiger partial charge >= 0.3 is 0 Å². The lowest BCUT2D eigenvalue weighted by Gasteiger charge is -2.33. The standard InChI is InChI=1S/C19H23N3OS/c23-12-16-1-2-19(24-16)14-9-13-3-6-21-11-17(13)18(10-14)22-15-4-7-20-8-5-15/h1-3,6,9-11,13,15,17,20,22-23H,4-5,7-8,12H2. The van der Waals surface area contributed by atoms with Gasteiger partial charge in [0.15, 0.2) is 0 Å². The van der Waals surface area contributed by atoms with E-state index >= 15 is 0 Å². The Morgan fingerprint density at radius 3 is 2.96 bits per heavy atom. The topological polar surface area (TPSA) is 56.7 Å². The quantitative estimate of drug-likeness (QED) is 0.789. The summed E-state index contributed by atoms with van der Waals surface area (Å²) in [7, 11) is 0. The van der Waals surface area contributed by atoms with Crippen LogP contribution in [0.15, 0.2) is 47.3 Å². The lowest BCUT2D eigenvalue weighted by atomic mass is 9.82. The van der Waals surface area contributed by atoms with E-state index in [0.29, 0.717) is 17.9 Å². The van der Waals surface area contributed by atoms with Crippen LogP contribution in [0.2, 0.25) is 0 Å². The third kappa shape index (κ3) is 3.24. The molecule has 0 radical (unpaired) electrons. The summed E-state index contributed by atoms with van der Waals surface area (Å²) in [6.45, 7) is 2.28. The molecule has 3 N–H and O–H groups in total. The Morgan fingerprint density at radius 2 is 2.17 bits per heavy atom. The molecule has 0 bridgehead atoms. The van der Waals surface area contributed by atoms with Gasteiger partial charge in [0.25, 0.3) is 0 Å². The summed E-state index contributed by atoms with van der Waals surface area (Å²) >= 11 is 1.67. The summed E-state index contributed by atoms with van der Waals surface area (Å²) in [5.41, 5.74) is 2.52. The Balaban J connectivity index is 1.62. The van der Waals surface area contributed by atoms with Gasteiger partial charge in [0.2, 0.25) is 0 Å². The van der Waals surface area contributed by atoms with Crippen LogP contribution in [0.5, 0.6) is 0 Å². The SMILES string of the molecule is OCc1ccc(C2=CC3C=CN=CC3C(NC3CCNCC3)=C2)s1. The minimum Gasteiger partial charge on any atom is -0.391 e. The van der Waals surface area contributed by atoms with Gasteiger partial charge in [-0.3, -0.25) is 4.99 Å². The Labute approximate surface area is 146 Å². The summed E-state index contributed by atoms with van der Waals surface area (Å²) in [6.07, 6.45) is 13.1. The zero-order valence-electron chi connectivity index (χ0n) is 13.6. The lowest BCUT2D eigenvalue weighted by Crippen LogP contribution is -2.42. The van der Waals surface area contributed by atoms with Crippen molar-refractivity contribution in [3.63, 3.8) is 0 Å². The highest BCUT2D eigenvalue weighted by atomic mass is 32.1. The molecular formula is C19H23N3OS. The number of allylic oxidation sites excluding steroid dienone is 5. The second-order valence-corrected chi connectivity index (χ2v) is 7.73. The van der Waals surface area contributed by atoms with Crippen molar-refractivity contribution < 1.29 is 5.11 Å². The number of aliphatic hydroxyl groups is 1. The molecule has 0 aromatic carbocycles. The summed E-state index contributed by atoms with van der Waals surface area (Å²) < 4.78 is 0. The van der Waals surface area contributed by atoms with Gasteiger partial charge in [0, 0.05) is 45.7 Å². The van der Waals surface area contributed by atoms with Crippen LogP contribution in [0.3, 0.4) is 0 Å². The number of hydrogen-bond donors (Lipinski definition) is 3. The third-order valence-electron chi connectivity index (χ3n) is 4.91. The van der Waals surface area contributed by atoms with Crippen LogP contribution < -0.4 is 10.6 Å². The van der Waals surface area contributed by atoms with Gasteiger partial charge in [0.1, 0.15) is 0 Å². The number of aliphatic imine (C=N–C) groups is 1. The van der Waals surface area contributed by atoms with Crippen molar-refractivity contribution >= 4 is 23.1 Å². The largest absolute Gasteiger partial charge is 0.391 e. The molecule has 1 saturated heterocycles. The predicted octanol–water partition coefficient (Wildman–Crippen LogP) is 2.69. The number of nitrogens with one attached hydrogen (secondary N) is 2. The van der Waals surface area contributed by atoms with E-state index in [1.54, 1.807) is 11.3 Å². The van der Waals surface area contributed by atoms with Crippen molar-refractivity contribution in [2.24, 2.45) is 16.8 Å². The second kappa shape index (κ2) is 7.05. The number of hydrogen-bond acceptors (Lipinski definition) is 5. The zero-order chi connectivity index (χ0) is 16.4. The molecule has 5 heteroatoms. The number of fused-ring (bicyclic) bond motifs is 1. The van der Waals surface area contributed by atoms with Gasteiger partial charge in [0.05, 0.1) is 6.61 Å². The maximum Gasteiger partial charge on any atom is 0.0774 e. The number of aliphatic hydroxyl groups excluding tert-OH is 1. The molecule has 4 nitrogen and oxygen atoms in total. The molecule has 1 aliphatic carbocycles. The van der Waals surface area contributed by atoms with Crippen LogP contribution in [0.1, 0.15) is 22.6 Å². The molecule has 3 aliphatic rings. The van der Waals surface area contributed by atoms with E-state index in [4.69, 9.17) is 0 Å². The molecule has 1 aromatic heterocycles. The maximum atomic E-state index is 9.33. The smallest absolute Gasteiger partial charge is 0.0774 e. The first-order valence-electron chi connectivity index (χ1n) is 8.64. The van der Waals surface area contributed by atoms with Crippen LogP contribution in [0.4, 0.5) is 0 Å². The van der Waals surface area contributed by atoms with Crippen molar-refractivity contribution in [1.29, 1.82) is 0 Å². The molecule has 1 fully saturated rings. The Kier molecular flexibility index (Phi) is 4.65. The Morgan fingerprint density at radius 1 is 1.29 bits per heavy atom. The first-order valence-corrected chi connectivity index (χ1v) is 9.46. The molecule has 24 heavy (non-hydrogen) atoms. The van der Waals surface area contributed by atoms with Gasteiger partial charge < -0.3 is 15.7 Å². The normalized spacial score (nSPS) is 26.7. The van der Waals surface area contributed by atoms with Gasteiger partial charge in [-0.25, -0.2) is 0 Å². The molecule has 4 rings (SSSR count). The molecule has 2 unspecified atom stereocenters. The first-order chi connectivity index (χ1) is 11.8. The summed E-state index contributed by atoms with van der Waals surface area (Å²) in [4.78, 5) is 6.59. The fourth-order valence-electron chi connectivity index (χ4n) is 3.59. The maximum absolute atomic E-state index is 9.33. The first kappa shape index (κ1) is 15.8. The molecule has 2 aliphatic heterocycles. The summed E-state index contributed by atoms with van der Waals surface area (Å²) in [5.74, 6) is 0.664. The van der Waals surface area contributed by atoms with E-state index in [-0.39, 0.29) is 6.61 Å². The van der Waals surface area contributed by atoms with E-state index in [9.17, 15) is 5.11 Å². The molecule has 0 spiro atoms. The highest BCUT2D eigenvalue weighted by Gasteiger charge is 2.28. The van der Waals surface area contributed by atoms with Gasteiger partial charge in [-0.2, -0.15) is 0 Å². The Bertz CT molecular complexity index is 710. The number of nitrogens with zero attached hydrogens (tertiary/aromatic N) is 1. The van der Waals surface area contributed by atoms with Crippen molar-refractivity contribution in [2.45, 2.75) is 25.5 Å². The van der Waals surface area contributed by atoms with E-state index in [0.717, 1.165) is 30.8 Å². The number of rotatable bonds is 4. The van der Waals surface area contributed by atoms with Crippen LogP contribution >= 0.6 is 11.3 Å². The second-order valence-electron chi connectivity index (χ2n) is 6.56. The van der Waals surface area contributed by atoms with Crippen LogP contribution in [0.25, 0.3) is 5.57 Å². The third-order valence-corrected chi connectivity index (χ3v) is 6.03. The minimum absolute atomic E-state index is 0.112. The molecule has 0 saturated carbocycles. The van der Waals surface area contributed by atoms with Gasteiger partial charge in [-0.1, -0.05) is 12.2 Å². The molecule has 126 valence electrons. The average Bonchev–Trinajstić information content (AvgIpc) is 3.12. The zero-order valence-corrected chi connectivity index (χ0v) is 14.4. The molecule has 2 atom stereocenters. The van der Waals surface area contributed by atoms with Gasteiger partial charge in [-0.15, -0.1) is 11.3 Å². The fraction of sp³-hybridized carbons (Fsp3) is 0.421. The predicted molar refractivity (Wildman–Crippen MR) is 99.9 cm³/mol. The highest BCUT2D eigenvalue weighted by Crippen LogP contribution is 2.36. The van der Waals surface area contributed by atoms with Crippen molar-refractivity contribution in [2.75, 3.05) is 13.1 Å². The van der Waals surface area contributed by atoms with Crippen LogP contribution in [0, 0.1) is 11.8 Å². The molecule has 0 amide bonds. The van der Waals surface area contributed by atoms with Crippen molar-refractivity contribution in [1.82, 2.24) is 10.6 Å². The van der Waals surface area contributed by atoms with E-state index in [2.05, 4.69) is 46.1 Å². The molecule has 1 aromatic rings. The number of piperidine rings is 1. The minimum atomic E-state index is 0.112. The van der Waals surface area contributed by atoms with Crippen molar-refractivity contribution in [3.05, 3.63) is 52.0 Å². The van der Waals surface area contributed by atoms with E-state index in [1.807, 2.05) is 12.3 Å². The van der Waals surface area contributed by atoms with Crippen molar-refractivity contribution in [3.8, 4) is 0 Å².